The predicted octanol–water partition coefficient (Wildman–Crippen LogP) is 3.79. The Hall–Kier alpha value is -2.50. The fourth-order valence-corrected chi connectivity index (χ4v) is 2.77. The van der Waals surface area contributed by atoms with Gasteiger partial charge in [0.15, 0.2) is 0 Å². The van der Waals surface area contributed by atoms with E-state index in [0.29, 0.717) is 12.2 Å². The molecule has 0 atom stereocenters. The Morgan fingerprint density at radius 3 is 2.73 bits per heavy atom. The molecule has 0 aliphatic carbocycles. The van der Waals surface area contributed by atoms with E-state index in [1.54, 1.807) is 18.4 Å². The van der Waals surface area contributed by atoms with Crippen LogP contribution in [0.4, 0.5) is 17.1 Å². The predicted molar refractivity (Wildman–Crippen MR) is 85.2 cm³/mol. The van der Waals surface area contributed by atoms with Crippen molar-refractivity contribution in [1.29, 1.82) is 0 Å². The quantitative estimate of drug-likeness (QED) is 0.672. The molecule has 1 saturated heterocycles. The van der Waals surface area contributed by atoms with Crippen LogP contribution in [0.2, 0.25) is 0 Å². The summed E-state index contributed by atoms with van der Waals surface area (Å²) in [4.78, 5) is 13.1. The summed E-state index contributed by atoms with van der Waals surface area (Å²) in [5, 5.41) is 14.3. The van der Waals surface area contributed by atoms with Gasteiger partial charge in [-0.15, -0.1) is 0 Å². The molecule has 1 aliphatic heterocycles. The molecule has 0 unspecified atom stereocenters. The number of nitro groups is 1. The third-order valence-corrected chi connectivity index (χ3v) is 3.93. The van der Waals surface area contributed by atoms with E-state index >= 15 is 0 Å². The zero-order valence-corrected chi connectivity index (χ0v) is 12.3. The first-order valence-corrected chi connectivity index (χ1v) is 7.54. The van der Waals surface area contributed by atoms with E-state index in [9.17, 15) is 10.1 Å². The van der Waals surface area contributed by atoms with E-state index in [1.165, 1.54) is 19.3 Å². The Morgan fingerprint density at radius 1 is 1.23 bits per heavy atom. The minimum atomic E-state index is -0.357. The molecule has 6 nitrogen and oxygen atoms in total. The molecular weight excluding hydrogens is 282 g/mol. The smallest absolute Gasteiger partial charge is 0.292 e. The second kappa shape index (κ2) is 6.51. The number of benzene rings is 1. The number of nitro benzene ring substituents is 1. The Labute approximate surface area is 128 Å². The molecule has 22 heavy (non-hydrogen) atoms. The van der Waals surface area contributed by atoms with Crippen LogP contribution in [0, 0.1) is 10.1 Å². The van der Waals surface area contributed by atoms with Crippen LogP contribution >= 0.6 is 0 Å². The summed E-state index contributed by atoms with van der Waals surface area (Å²) in [6.45, 7) is 2.45. The zero-order chi connectivity index (χ0) is 15.4. The van der Waals surface area contributed by atoms with Gasteiger partial charge in [0.2, 0.25) is 0 Å². The maximum atomic E-state index is 11.2. The minimum absolute atomic E-state index is 0.0901. The highest BCUT2D eigenvalue weighted by Gasteiger charge is 2.18. The standard InChI is InChI=1S/C16H19N3O3/c20-19(21)16-7-6-13(18-8-2-1-3-9-18)11-15(16)17-12-14-5-4-10-22-14/h4-7,10-11,17H,1-3,8-9,12H2. The number of anilines is 2. The minimum Gasteiger partial charge on any atom is -0.467 e. The van der Waals surface area contributed by atoms with Gasteiger partial charge in [0.1, 0.15) is 11.4 Å². The highest BCUT2D eigenvalue weighted by atomic mass is 16.6. The molecule has 2 heterocycles. The first kappa shape index (κ1) is 14.4. The normalized spacial score (nSPS) is 14.8. The van der Waals surface area contributed by atoms with Crippen LogP contribution in [0.1, 0.15) is 25.0 Å². The number of hydrogen-bond donors (Lipinski definition) is 1. The van der Waals surface area contributed by atoms with Gasteiger partial charge in [-0.3, -0.25) is 10.1 Å². The van der Waals surface area contributed by atoms with Crippen molar-refractivity contribution in [3.63, 3.8) is 0 Å². The van der Waals surface area contributed by atoms with Crippen LogP contribution in [0.25, 0.3) is 0 Å². The van der Waals surface area contributed by atoms with Gasteiger partial charge in [0, 0.05) is 24.8 Å². The van der Waals surface area contributed by atoms with Crippen LogP contribution in [-0.4, -0.2) is 18.0 Å². The molecule has 1 aromatic carbocycles. The first-order valence-electron chi connectivity index (χ1n) is 7.54. The molecule has 0 radical (unpaired) electrons. The number of nitrogens with one attached hydrogen (secondary N) is 1. The van der Waals surface area contributed by atoms with Gasteiger partial charge in [0.05, 0.1) is 17.7 Å². The molecule has 2 aromatic rings. The topological polar surface area (TPSA) is 71.6 Å². The van der Waals surface area contributed by atoms with Gasteiger partial charge in [-0.25, -0.2) is 0 Å². The van der Waals surface area contributed by atoms with Gasteiger partial charge < -0.3 is 14.6 Å². The molecule has 116 valence electrons. The van der Waals surface area contributed by atoms with Crippen molar-refractivity contribution in [2.75, 3.05) is 23.3 Å². The third-order valence-electron chi connectivity index (χ3n) is 3.93. The average molecular weight is 301 g/mol. The number of hydrogen-bond acceptors (Lipinski definition) is 5. The van der Waals surface area contributed by atoms with E-state index in [0.717, 1.165) is 24.5 Å². The Bertz CT molecular complexity index is 634. The molecule has 1 aliphatic rings. The maximum Gasteiger partial charge on any atom is 0.292 e. The zero-order valence-electron chi connectivity index (χ0n) is 12.3. The van der Waals surface area contributed by atoms with Crippen molar-refractivity contribution in [2.45, 2.75) is 25.8 Å². The second-order valence-corrected chi connectivity index (χ2v) is 5.44. The van der Waals surface area contributed by atoms with E-state index in [-0.39, 0.29) is 10.6 Å². The summed E-state index contributed by atoms with van der Waals surface area (Å²) in [5.41, 5.74) is 1.66. The first-order chi connectivity index (χ1) is 10.7. The molecule has 0 amide bonds. The summed E-state index contributed by atoms with van der Waals surface area (Å²) < 4.78 is 5.26. The summed E-state index contributed by atoms with van der Waals surface area (Å²) >= 11 is 0. The van der Waals surface area contributed by atoms with Crippen molar-refractivity contribution < 1.29 is 9.34 Å². The Kier molecular flexibility index (Phi) is 4.27. The molecule has 1 aromatic heterocycles. The largest absolute Gasteiger partial charge is 0.467 e. The summed E-state index contributed by atoms with van der Waals surface area (Å²) in [6.07, 6.45) is 5.20. The molecule has 0 spiro atoms. The van der Waals surface area contributed by atoms with Crippen LogP contribution in [-0.2, 0) is 6.54 Å². The van der Waals surface area contributed by atoms with Crippen molar-refractivity contribution in [2.24, 2.45) is 0 Å². The van der Waals surface area contributed by atoms with Crippen molar-refractivity contribution in [3.05, 3.63) is 52.5 Å². The SMILES string of the molecule is O=[N+]([O-])c1ccc(N2CCCCC2)cc1NCc1ccco1. The van der Waals surface area contributed by atoms with Gasteiger partial charge in [-0.2, -0.15) is 0 Å². The molecule has 0 saturated carbocycles. The maximum absolute atomic E-state index is 11.2. The van der Waals surface area contributed by atoms with Gasteiger partial charge in [-0.05, 0) is 43.5 Å². The fourth-order valence-electron chi connectivity index (χ4n) is 2.77. The number of furan rings is 1. The Balaban J connectivity index is 1.81. The van der Waals surface area contributed by atoms with E-state index in [1.807, 2.05) is 18.2 Å². The third kappa shape index (κ3) is 3.21. The molecular formula is C16H19N3O3. The molecule has 0 bridgehead atoms. The number of nitrogens with zero attached hydrogens (tertiary/aromatic N) is 2. The van der Waals surface area contributed by atoms with Crippen molar-refractivity contribution >= 4 is 17.1 Å². The van der Waals surface area contributed by atoms with Crippen molar-refractivity contribution in [3.8, 4) is 0 Å². The lowest BCUT2D eigenvalue weighted by molar-refractivity contribution is -0.384. The van der Waals surface area contributed by atoms with E-state index < -0.39 is 0 Å². The summed E-state index contributed by atoms with van der Waals surface area (Å²) in [5.74, 6) is 0.748. The molecule has 1 fully saturated rings. The molecule has 3 rings (SSSR count). The monoisotopic (exact) mass is 301 g/mol. The lowest BCUT2D eigenvalue weighted by Crippen LogP contribution is -2.29. The van der Waals surface area contributed by atoms with Crippen LogP contribution < -0.4 is 10.2 Å². The number of rotatable bonds is 5. The number of piperidine rings is 1. The average Bonchev–Trinajstić information content (AvgIpc) is 3.07. The van der Waals surface area contributed by atoms with Gasteiger partial charge >= 0.3 is 0 Å². The van der Waals surface area contributed by atoms with Crippen LogP contribution in [0.3, 0.4) is 0 Å². The summed E-state index contributed by atoms with van der Waals surface area (Å²) in [7, 11) is 0. The lowest BCUT2D eigenvalue weighted by atomic mass is 10.1. The van der Waals surface area contributed by atoms with E-state index in [4.69, 9.17) is 4.42 Å². The summed E-state index contributed by atoms with van der Waals surface area (Å²) in [6, 6.07) is 8.92. The van der Waals surface area contributed by atoms with Crippen LogP contribution in [0.5, 0.6) is 0 Å². The van der Waals surface area contributed by atoms with Crippen molar-refractivity contribution in [1.82, 2.24) is 0 Å². The lowest BCUT2D eigenvalue weighted by Gasteiger charge is -2.29. The van der Waals surface area contributed by atoms with Gasteiger partial charge in [-0.1, -0.05) is 0 Å². The fraction of sp³-hybridized carbons (Fsp3) is 0.375. The highest BCUT2D eigenvalue weighted by molar-refractivity contribution is 5.69. The highest BCUT2D eigenvalue weighted by Crippen LogP contribution is 2.31. The second-order valence-electron chi connectivity index (χ2n) is 5.44. The van der Waals surface area contributed by atoms with Crippen LogP contribution in [0.15, 0.2) is 41.0 Å². The molecule has 6 heteroatoms. The van der Waals surface area contributed by atoms with E-state index in [2.05, 4.69) is 10.2 Å². The Morgan fingerprint density at radius 2 is 2.05 bits per heavy atom. The van der Waals surface area contributed by atoms with Gasteiger partial charge in [0.25, 0.3) is 5.69 Å². The molecule has 1 N–H and O–H groups in total.